The first-order valence-corrected chi connectivity index (χ1v) is 10.6. The number of furan rings is 1. The molecule has 2 aromatic carbocycles. The van der Waals surface area contributed by atoms with E-state index in [1.807, 2.05) is 44.2 Å². The van der Waals surface area contributed by atoms with E-state index in [1.165, 1.54) is 6.26 Å². The Morgan fingerprint density at radius 3 is 2.68 bits per heavy atom. The molecule has 0 aliphatic carbocycles. The van der Waals surface area contributed by atoms with Crippen LogP contribution in [0.4, 0.5) is 17.2 Å². The number of ether oxygens (including phenoxy) is 1. The monoisotopic (exact) mass is 454 g/mol. The standard InChI is InChI=1S/C25H22N6O3/c1-15-6-4-7-17(12-15)23-29-25-26-16(2)13-22(31(25)30-23)28-19-14-18(9-10-20(19)33-3)27-24(32)21-8-5-11-34-21/h4-14,28H,1-3H3,(H,27,32). The summed E-state index contributed by atoms with van der Waals surface area (Å²) in [5.74, 6) is 2.18. The molecule has 0 spiro atoms. The van der Waals surface area contributed by atoms with Crippen LogP contribution in [-0.2, 0) is 0 Å². The average Bonchev–Trinajstić information content (AvgIpc) is 3.50. The molecular weight excluding hydrogens is 432 g/mol. The third-order valence-corrected chi connectivity index (χ3v) is 5.18. The molecule has 0 saturated heterocycles. The fourth-order valence-corrected chi connectivity index (χ4v) is 3.60. The molecule has 0 aliphatic rings. The van der Waals surface area contributed by atoms with Gasteiger partial charge in [0.25, 0.3) is 11.7 Å². The Morgan fingerprint density at radius 2 is 1.91 bits per heavy atom. The lowest BCUT2D eigenvalue weighted by Crippen LogP contribution is -2.11. The number of aromatic nitrogens is 4. The zero-order valence-corrected chi connectivity index (χ0v) is 18.9. The molecule has 3 aromatic heterocycles. The van der Waals surface area contributed by atoms with E-state index in [0.29, 0.717) is 34.5 Å². The number of aryl methyl sites for hydroxylation is 2. The van der Waals surface area contributed by atoms with E-state index in [9.17, 15) is 4.79 Å². The predicted octanol–water partition coefficient (Wildman–Crippen LogP) is 5.01. The Morgan fingerprint density at radius 1 is 1.03 bits per heavy atom. The number of amides is 1. The Bertz CT molecular complexity index is 1490. The summed E-state index contributed by atoms with van der Waals surface area (Å²) in [6.07, 6.45) is 1.45. The fraction of sp³-hybridized carbons (Fsp3) is 0.120. The number of benzene rings is 2. The number of carbonyl (C=O) groups excluding carboxylic acids is 1. The maximum atomic E-state index is 12.4. The predicted molar refractivity (Wildman–Crippen MR) is 129 cm³/mol. The van der Waals surface area contributed by atoms with Gasteiger partial charge in [0, 0.05) is 23.0 Å². The quantitative estimate of drug-likeness (QED) is 0.372. The Balaban J connectivity index is 1.51. The van der Waals surface area contributed by atoms with E-state index in [1.54, 1.807) is 42.0 Å². The number of hydrogen-bond acceptors (Lipinski definition) is 7. The van der Waals surface area contributed by atoms with Gasteiger partial charge in [-0.1, -0.05) is 23.8 Å². The van der Waals surface area contributed by atoms with Crippen LogP contribution in [0.1, 0.15) is 21.8 Å². The van der Waals surface area contributed by atoms with Crippen LogP contribution < -0.4 is 15.4 Å². The molecule has 0 atom stereocenters. The molecule has 0 saturated carbocycles. The van der Waals surface area contributed by atoms with E-state index in [0.717, 1.165) is 16.8 Å². The second kappa shape index (κ2) is 8.70. The fourth-order valence-electron chi connectivity index (χ4n) is 3.60. The Hall–Kier alpha value is -4.66. The minimum absolute atomic E-state index is 0.225. The van der Waals surface area contributed by atoms with Gasteiger partial charge < -0.3 is 19.8 Å². The van der Waals surface area contributed by atoms with Crippen LogP contribution in [0.25, 0.3) is 17.2 Å². The van der Waals surface area contributed by atoms with Crippen LogP contribution >= 0.6 is 0 Å². The van der Waals surface area contributed by atoms with Gasteiger partial charge in [0.15, 0.2) is 11.6 Å². The van der Waals surface area contributed by atoms with Gasteiger partial charge in [0.1, 0.15) is 11.6 Å². The molecule has 0 aliphatic heterocycles. The van der Waals surface area contributed by atoms with Crippen molar-refractivity contribution in [3.05, 3.63) is 83.9 Å². The normalized spacial score (nSPS) is 10.9. The van der Waals surface area contributed by atoms with Crippen LogP contribution in [0.15, 0.2) is 71.3 Å². The van der Waals surface area contributed by atoms with Crippen molar-refractivity contribution in [1.82, 2.24) is 19.6 Å². The number of methoxy groups -OCH3 is 1. The molecule has 34 heavy (non-hydrogen) atoms. The highest BCUT2D eigenvalue weighted by molar-refractivity contribution is 6.02. The van der Waals surface area contributed by atoms with Crippen molar-refractivity contribution in [3.63, 3.8) is 0 Å². The Labute approximate surface area is 195 Å². The van der Waals surface area contributed by atoms with Crippen LogP contribution in [0.2, 0.25) is 0 Å². The maximum Gasteiger partial charge on any atom is 0.291 e. The highest BCUT2D eigenvalue weighted by Gasteiger charge is 2.15. The molecule has 1 amide bonds. The SMILES string of the molecule is COc1ccc(NC(=O)c2ccco2)cc1Nc1cc(C)nc2nc(-c3cccc(C)c3)nn12. The van der Waals surface area contributed by atoms with Gasteiger partial charge >= 0.3 is 0 Å². The zero-order valence-electron chi connectivity index (χ0n) is 18.9. The summed E-state index contributed by atoms with van der Waals surface area (Å²) >= 11 is 0. The summed E-state index contributed by atoms with van der Waals surface area (Å²) in [5.41, 5.74) is 4.02. The van der Waals surface area contributed by atoms with Crippen LogP contribution in [0.3, 0.4) is 0 Å². The summed E-state index contributed by atoms with van der Waals surface area (Å²) < 4.78 is 12.3. The molecule has 2 N–H and O–H groups in total. The Kier molecular flexibility index (Phi) is 5.43. The van der Waals surface area contributed by atoms with Crippen molar-refractivity contribution in [2.75, 3.05) is 17.7 Å². The van der Waals surface area contributed by atoms with E-state index in [-0.39, 0.29) is 11.7 Å². The van der Waals surface area contributed by atoms with Gasteiger partial charge in [-0.05, 0) is 50.2 Å². The van der Waals surface area contributed by atoms with E-state index in [4.69, 9.17) is 9.15 Å². The third kappa shape index (κ3) is 4.18. The number of hydrogen-bond donors (Lipinski definition) is 2. The lowest BCUT2D eigenvalue weighted by molar-refractivity contribution is 0.0996. The number of fused-ring (bicyclic) bond motifs is 1. The smallest absolute Gasteiger partial charge is 0.291 e. The topological polar surface area (TPSA) is 107 Å². The number of nitrogens with one attached hydrogen (secondary N) is 2. The summed E-state index contributed by atoms with van der Waals surface area (Å²) in [7, 11) is 1.58. The first-order valence-electron chi connectivity index (χ1n) is 10.6. The maximum absolute atomic E-state index is 12.4. The summed E-state index contributed by atoms with van der Waals surface area (Å²) in [5, 5.41) is 10.9. The van der Waals surface area contributed by atoms with Gasteiger partial charge in [0.2, 0.25) is 0 Å². The van der Waals surface area contributed by atoms with Crippen LogP contribution in [-0.4, -0.2) is 32.6 Å². The number of nitrogens with zero attached hydrogens (tertiary/aromatic N) is 4. The average molecular weight is 454 g/mol. The lowest BCUT2D eigenvalue weighted by Gasteiger charge is -2.14. The van der Waals surface area contributed by atoms with Gasteiger partial charge in [-0.3, -0.25) is 4.79 Å². The molecule has 0 fully saturated rings. The van der Waals surface area contributed by atoms with Crippen molar-refractivity contribution >= 4 is 28.9 Å². The molecule has 9 nitrogen and oxygen atoms in total. The van der Waals surface area contributed by atoms with Crippen molar-refractivity contribution in [2.45, 2.75) is 13.8 Å². The summed E-state index contributed by atoms with van der Waals surface area (Å²) in [6, 6.07) is 18.4. The minimum atomic E-state index is -0.345. The van der Waals surface area contributed by atoms with Crippen molar-refractivity contribution in [3.8, 4) is 17.1 Å². The highest BCUT2D eigenvalue weighted by atomic mass is 16.5. The second-order valence-corrected chi connectivity index (χ2v) is 7.77. The van der Waals surface area contributed by atoms with E-state index < -0.39 is 0 Å². The molecule has 5 aromatic rings. The molecule has 3 heterocycles. The summed E-state index contributed by atoms with van der Waals surface area (Å²) in [4.78, 5) is 21.5. The highest BCUT2D eigenvalue weighted by Crippen LogP contribution is 2.31. The molecular formula is C25H22N6O3. The summed E-state index contributed by atoms with van der Waals surface area (Å²) in [6.45, 7) is 3.92. The van der Waals surface area contributed by atoms with E-state index in [2.05, 4.69) is 25.7 Å². The van der Waals surface area contributed by atoms with Crippen molar-refractivity contribution in [2.24, 2.45) is 0 Å². The number of rotatable bonds is 6. The van der Waals surface area contributed by atoms with Crippen molar-refractivity contribution in [1.29, 1.82) is 0 Å². The molecule has 170 valence electrons. The molecule has 5 rings (SSSR count). The van der Waals surface area contributed by atoms with Crippen LogP contribution in [0, 0.1) is 13.8 Å². The molecule has 0 radical (unpaired) electrons. The first-order chi connectivity index (χ1) is 16.5. The largest absolute Gasteiger partial charge is 0.495 e. The zero-order chi connectivity index (χ0) is 23.7. The van der Waals surface area contributed by atoms with Crippen molar-refractivity contribution < 1.29 is 13.9 Å². The first kappa shape index (κ1) is 21.2. The lowest BCUT2D eigenvalue weighted by atomic mass is 10.1. The molecule has 9 heteroatoms. The van der Waals surface area contributed by atoms with Gasteiger partial charge in [-0.25, -0.2) is 4.98 Å². The van der Waals surface area contributed by atoms with Crippen LogP contribution in [0.5, 0.6) is 5.75 Å². The molecule has 0 unspecified atom stereocenters. The number of anilines is 3. The minimum Gasteiger partial charge on any atom is -0.495 e. The molecule has 0 bridgehead atoms. The van der Waals surface area contributed by atoms with E-state index >= 15 is 0 Å². The third-order valence-electron chi connectivity index (χ3n) is 5.18. The second-order valence-electron chi connectivity index (χ2n) is 7.77. The van der Waals surface area contributed by atoms with Gasteiger partial charge in [-0.15, -0.1) is 5.10 Å². The van der Waals surface area contributed by atoms with Gasteiger partial charge in [0.05, 0.1) is 19.1 Å². The van der Waals surface area contributed by atoms with Gasteiger partial charge in [-0.2, -0.15) is 9.50 Å². The number of carbonyl (C=O) groups is 1.